The quantitative estimate of drug-likeness (QED) is 0.330. The molecule has 1 aliphatic heterocycles. The van der Waals surface area contributed by atoms with Gasteiger partial charge in [0.25, 0.3) is 11.6 Å². The molecule has 0 aliphatic carbocycles. The molecule has 1 atom stereocenters. The van der Waals surface area contributed by atoms with Crippen molar-refractivity contribution >= 4 is 33.1 Å². The lowest BCUT2D eigenvalue weighted by atomic mass is 10.1. The first-order valence-electron chi connectivity index (χ1n) is 10.8. The first-order chi connectivity index (χ1) is 16.0. The molecule has 1 saturated heterocycles. The molecule has 2 aromatic carbocycles. The summed E-state index contributed by atoms with van der Waals surface area (Å²) in [6, 6.07) is 11.3. The number of hydrogen-bond acceptors (Lipinski definition) is 8. The van der Waals surface area contributed by atoms with Crippen molar-refractivity contribution < 1.29 is 27.7 Å². The molecule has 3 rings (SSSR count). The topological polar surface area (TPSA) is 127 Å². The normalized spacial score (nSPS) is 16.3. The van der Waals surface area contributed by atoms with E-state index in [2.05, 4.69) is 15.7 Å². The fraction of sp³-hybridized carbons (Fsp3) is 0.391. The number of piperazine rings is 1. The maximum atomic E-state index is 13.1. The van der Waals surface area contributed by atoms with Crippen molar-refractivity contribution in [1.29, 1.82) is 0 Å². The van der Waals surface area contributed by atoms with E-state index < -0.39 is 43.0 Å². The van der Waals surface area contributed by atoms with Gasteiger partial charge in [-0.25, -0.2) is 8.42 Å². The SMILES string of the molecule is CCOC(=O)CS(=O)(=O)c1ccc(C(=O)N2CCN(c3cccc(C)c3)[C@@H](C)C2)cc1[N+](=O)[O-]. The fourth-order valence-corrected chi connectivity index (χ4v) is 5.28. The molecule has 1 amide bonds. The van der Waals surface area contributed by atoms with Crippen LogP contribution in [0.4, 0.5) is 11.4 Å². The second kappa shape index (κ2) is 10.2. The molecule has 0 spiro atoms. The van der Waals surface area contributed by atoms with Crippen molar-refractivity contribution in [2.24, 2.45) is 0 Å². The third kappa shape index (κ3) is 5.53. The summed E-state index contributed by atoms with van der Waals surface area (Å²) < 4.78 is 29.8. The first kappa shape index (κ1) is 25.2. The van der Waals surface area contributed by atoms with E-state index in [1.807, 2.05) is 32.0 Å². The number of rotatable bonds is 7. The van der Waals surface area contributed by atoms with Gasteiger partial charge >= 0.3 is 5.97 Å². The van der Waals surface area contributed by atoms with Gasteiger partial charge in [-0.3, -0.25) is 19.7 Å². The van der Waals surface area contributed by atoms with Crippen LogP contribution in [-0.2, 0) is 19.4 Å². The lowest BCUT2D eigenvalue weighted by Gasteiger charge is -2.41. The Morgan fingerprint density at radius 3 is 2.53 bits per heavy atom. The Bertz CT molecular complexity index is 1210. The molecule has 1 fully saturated rings. The van der Waals surface area contributed by atoms with E-state index in [0.717, 1.165) is 23.4 Å². The second-order valence-corrected chi connectivity index (χ2v) is 10.1. The molecule has 0 bridgehead atoms. The number of nitro groups is 1. The molecule has 11 heteroatoms. The maximum Gasteiger partial charge on any atom is 0.321 e. The summed E-state index contributed by atoms with van der Waals surface area (Å²) in [5.74, 6) is -2.45. The van der Waals surface area contributed by atoms with E-state index in [0.29, 0.717) is 19.6 Å². The maximum absolute atomic E-state index is 13.1. The molecular formula is C23H27N3O7S. The van der Waals surface area contributed by atoms with Crippen LogP contribution in [0, 0.1) is 17.0 Å². The van der Waals surface area contributed by atoms with Crippen molar-refractivity contribution in [1.82, 2.24) is 4.90 Å². The predicted molar refractivity (Wildman–Crippen MR) is 126 cm³/mol. The molecule has 0 unspecified atom stereocenters. The number of hydrogen-bond donors (Lipinski definition) is 0. The number of amides is 1. The Hall–Kier alpha value is -3.47. The molecule has 0 radical (unpaired) electrons. The van der Waals surface area contributed by atoms with Crippen LogP contribution in [0.1, 0.15) is 29.8 Å². The van der Waals surface area contributed by atoms with E-state index in [4.69, 9.17) is 0 Å². The summed E-state index contributed by atoms with van der Waals surface area (Å²) in [6.07, 6.45) is 0. The molecule has 182 valence electrons. The zero-order chi connectivity index (χ0) is 25.0. The molecular weight excluding hydrogens is 462 g/mol. The average Bonchev–Trinajstić information content (AvgIpc) is 2.77. The van der Waals surface area contributed by atoms with Gasteiger partial charge < -0.3 is 14.5 Å². The number of esters is 1. The van der Waals surface area contributed by atoms with Crippen molar-refractivity contribution in [3.8, 4) is 0 Å². The Morgan fingerprint density at radius 1 is 1.18 bits per heavy atom. The van der Waals surface area contributed by atoms with Gasteiger partial charge in [0, 0.05) is 43.0 Å². The van der Waals surface area contributed by atoms with Crippen LogP contribution in [0.15, 0.2) is 47.4 Å². The molecule has 2 aromatic rings. The van der Waals surface area contributed by atoms with Crippen molar-refractivity contribution in [2.75, 3.05) is 36.9 Å². The summed E-state index contributed by atoms with van der Waals surface area (Å²) in [6.45, 7) is 6.92. The summed E-state index contributed by atoms with van der Waals surface area (Å²) in [4.78, 5) is 38.6. The highest BCUT2D eigenvalue weighted by molar-refractivity contribution is 7.92. The van der Waals surface area contributed by atoms with Crippen LogP contribution in [0.25, 0.3) is 0 Å². The monoisotopic (exact) mass is 489 g/mol. The molecule has 0 saturated carbocycles. The number of benzene rings is 2. The summed E-state index contributed by atoms with van der Waals surface area (Å²) in [7, 11) is -4.32. The van der Waals surface area contributed by atoms with E-state index in [-0.39, 0.29) is 18.2 Å². The molecule has 0 aromatic heterocycles. The third-order valence-corrected chi connectivity index (χ3v) is 7.23. The zero-order valence-corrected chi connectivity index (χ0v) is 20.1. The second-order valence-electron chi connectivity index (χ2n) is 8.14. The Balaban J connectivity index is 1.81. The number of aryl methyl sites for hydroxylation is 1. The number of nitrogens with zero attached hydrogens (tertiary/aromatic N) is 3. The van der Waals surface area contributed by atoms with Crippen LogP contribution in [-0.4, -0.2) is 68.2 Å². The highest BCUT2D eigenvalue weighted by Crippen LogP contribution is 2.28. The van der Waals surface area contributed by atoms with Gasteiger partial charge in [0.05, 0.1) is 11.5 Å². The standard InChI is InChI=1S/C23H27N3O7S/c1-4-33-22(27)15-34(31,32)21-9-8-18(13-20(21)26(29)30)23(28)24-10-11-25(17(3)14-24)19-7-5-6-16(2)12-19/h5-9,12-13,17H,4,10-11,14-15H2,1-3H3/t17-/m0/s1. The number of sulfone groups is 1. The molecule has 1 heterocycles. The average molecular weight is 490 g/mol. The number of anilines is 1. The van der Waals surface area contributed by atoms with Gasteiger partial charge in [0.15, 0.2) is 15.6 Å². The number of carbonyl (C=O) groups excluding carboxylic acids is 2. The van der Waals surface area contributed by atoms with E-state index >= 15 is 0 Å². The summed E-state index contributed by atoms with van der Waals surface area (Å²) >= 11 is 0. The number of ether oxygens (including phenoxy) is 1. The van der Waals surface area contributed by atoms with Crippen molar-refractivity contribution in [3.63, 3.8) is 0 Å². The largest absolute Gasteiger partial charge is 0.465 e. The molecule has 34 heavy (non-hydrogen) atoms. The molecule has 1 aliphatic rings. The van der Waals surface area contributed by atoms with Gasteiger partial charge in [0.2, 0.25) is 0 Å². The Kier molecular flexibility index (Phi) is 7.55. The first-order valence-corrected chi connectivity index (χ1v) is 12.5. The van der Waals surface area contributed by atoms with Crippen LogP contribution in [0.2, 0.25) is 0 Å². The van der Waals surface area contributed by atoms with Crippen LogP contribution >= 0.6 is 0 Å². The minimum Gasteiger partial charge on any atom is -0.465 e. The van der Waals surface area contributed by atoms with Crippen LogP contribution in [0.3, 0.4) is 0 Å². The fourth-order valence-electron chi connectivity index (χ4n) is 4.01. The van der Waals surface area contributed by atoms with Crippen molar-refractivity contribution in [3.05, 3.63) is 63.7 Å². The number of nitro benzene ring substituents is 1. The van der Waals surface area contributed by atoms with Gasteiger partial charge in [0.1, 0.15) is 4.90 Å². The smallest absolute Gasteiger partial charge is 0.321 e. The third-order valence-electron chi connectivity index (χ3n) is 5.60. The summed E-state index contributed by atoms with van der Waals surface area (Å²) in [5.41, 5.74) is 1.46. The lowest BCUT2D eigenvalue weighted by molar-refractivity contribution is -0.387. The minimum atomic E-state index is -4.32. The van der Waals surface area contributed by atoms with Gasteiger partial charge in [-0.2, -0.15) is 0 Å². The van der Waals surface area contributed by atoms with Gasteiger partial charge in [-0.05, 0) is 50.6 Å². The summed E-state index contributed by atoms with van der Waals surface area (Å²) in [5, 5.41) is 11.6. The predicted octanol–water partition coefficient (Wildman–Crippen LogP) is 2.59. The lowest BCUT2D eigenvalue weighted by Crippen LogP contribution is -2.53. The Labute approximate surface area is 198 Å². The van der Waals surface area contributed by atoms with Gasteiger partial charge in [-0.15, -0.1) is 0 Å². The number of carbonyl (C=O) groups is 2. The Morgan fingerprint density at radius 2 is 1.91 bits per heavy atom. The minimum absolute atomic E-state index is 0.0120. The van der Waals surface area contributed by atoms with E-state index in [9.17, 15) is 28.1 Å². The molecule has 10 nitrogen and oxygen atoms in total. The zero-order valence-electron chi connectivity index (χ0n) is 19.3. The van der Waals surface area contributed by atoms with Crippen LogP contribution in [0.5, 0.6) is 0 Å². The van der Waals surface area contributed by atoms with Gasteiger partial charge in [-0.1, -0.05) is 12.1 Å². The highest BCUT2D eigenvalue weighted by Gasteiger charge is 2.32. The molecule has 0 N–H and O–H groups in total. The van der Waals surface area contributed by atoms with Crippen LogP contribution < -0.4 is 4.90 Å². The van der Waals surface area contributed by atoms with Crippen molar-refractivity contribution in [2.45, 2.75) is 31.7 Å². The highest BCUT2D eigenvalue weighted by atomic mass is 32.2. The van der Waals surface area contributed by atoms with E-state index in [1.165, 1.54) is 13.0 Å². The van der Waals surface area contributed by atoms with E-state index in [1.54, 1.807) is 4.90 Å².